The van der Waals surface area contributed by atoms with Crippen molar-refractivity contribution in [3.63, 3.8) is 0 Å². The molecule has 0 saturated carbocycles. The Labute approximate surface area is 198 Å². The number of ether oxygens (including phenoxy) is 1. The molecule has 1 aliphatic heterocycles. The zero-order valence-corrected chi connectivity index (χ0v) is 19.1. The van der Waals surface area contributed by atoms with Crippen LogP contribution in [-0.2, 0) is 11.3 Å². The molecule has 1 aliphatic rings. The average molecular weight is 459 g/mol. The number of carbonyl (C=O) groups excluding carboxylic acids is 1. The van der Waals surface area contributed by atoms with Gasteiger partial charge in [0, 0.05) is 18.7 Å². The van der Waals surface area contributed by atoms with Crippen LogP contribution in [0.3, 0.4) is 0 Å². The Bertz CT molecular complexity index is 1180. The van der Waals surface area contributed by atoms with Gasteiger partial charge in [-0.05, 0) is 54.8 Å². The maximum absolute atomic E-state index is 13.1. The number of non-ortho nitro benzene ring substituents is 1. The van der Waals surface area contributed by atoms with E-state index in [2.05, 4.69) is 10.0 Å². The molecule has 1 amide bonds. The highest BCUT2D eigenvalue weighted by molar-refractivity contribution is 5.99. The summed E-state index contributed by atoms with van der Waals surface area (Å²) in [6.07, 6.45) is -0.392. The summed E-state index contributed by atoms with van der Waals surface area (Å²) in [5, 5.41) is 17.1. The van der Waals surface area contributed by atoms with E-state index < -0.39 is 11.1 Å². The van der Waals surface area contributed by atoms with Crippen LogP contribution in [0, 0.1) is 10.1 Å². The van der Waals surface area contributed by atoms with E-state index in [1.54, 1.807) is 19.1 Å². The fourth-order valence-electron chi connectivity index (χ4n) is 3.99. The number of hydrogen-bond acceptors (Lipinski definition) is 6. The Morgan fingerprint density at radius 3 is 2.35 bits per heavy atom. The van der Waals surface area contributed by atoms with Crippen LogP contribution in [0.4, 0.5) is 5.69 Å². The lowest BCUT2D eigenvalue weighted by Gasteiger charge is -2.28. The molecule has 1 atom stereocenters. The van der Waals surface area contributed by atoms with Crippen molar-refractivity contribution < 1.29 is 14.5 Å². The summed E-state index contributed by atoms with van der Waals surface area (Å²) in [5.41, 5.74) is 3.34. The van der Waals surface area contributed by atoms with Crippen LogP contribution in [0.5, 0.6) is 5.75 Å². The molecule has 0 spiro atoms. The number of nitro groups is 1. The lowest BCUT2D eigenvalue weighted by Crippen LogP contribution is -2.29. The van der Waals surface area contributed by atoms with Gasteiger partial charge in [-0.2, -0.15) is 5.10 Å². The highest BCUT2D eigenvalue weighted by atomic mass is 16.6. The van der Waals surface area contributed by atoms with Crippen LogP contribution >= 0.6 is 0 Å². The van der Waals surface area contributed by atoms with Crippen LogP contribution in [-0.4, -0.2) is 39.6 Å². The quantitative estimate of drug-likeness (QED) is 0.276. The van der Waals surface area contributed by atoms with E-state index in [1.165, 1.54) is 17.1 Å². The van der Waals surface area contributed by atoms with Gasteiger partial charge in [-0.15, -0.1) is 0 Å². The number of hydrogen-bond donors (Lipinski definition) is 0. The normalized spacial score (nSPS) is 16.6. The molecular weight excluding hydrogens is 432 g/mol. The molecule has 0 N–H and O–H groups in total. The van der Waals surface area contributed by atoms with Gasteiger partial charge in [0.2, 0.25) is 0 Å². The van der Waals surface area contributed by atoms with E-state index in [4.69, 9.17) is 4.74 Å². The minimum atomic E-state index is -0.441. The molecule has 0 unspecified atom stereocenters. The van der Waals surface area contributed by atoms with Crippen molar-refractivity contribution in [3.8, 4) is 5.75 Å². The Morgan fingerprint density at radius 1 is 1.06 bits per heavy atom. The molecule has 3 aromatic rings. The van der Waals surface area contributed by atoms with Crippen molar-refractivity contribution in [1.82, 2.24) is 9.91 Å². The van der Waals surface area contributed by atoms with Gasteiger partial charge in [0.15, 0.2) is 0 Å². The van der Waals surface area contributed by atoms with Crippen LogP contribution in [0.2, 0.25) is 0 Å². The molecular formula is C26H26N4O4. The van der Waals surface area contributed by atoms with Crippen molar-refractivity contribution in [1.29, 1.82) is 0 Å². The molecule has 34 heavy (non-hydrogen) atoms. The van der Waals surface area contributed by atoms with Gasteiger partial charge in [-0.3, -0.25) is 19.8 Å². The minimum Gasteiger partial charge on any atom is -0.494 e. The van der Waals surface area contributed by atoms with Crippen LogP contribution < -0.4 is 4.74 Å². The predicted octanol–water partition coefficient (Wildman–Crippen LogP) is 4.76. The topological polar surface area (TPSA) is 88.3 Å². The molecule has 0 aliphatic carbocycles. The second-order valence-corrected chi connectivity index (χ2v) is 7.99. The molecule has 8 heteroatoms. The number of rotatable bonds is 8. The molecule has 0 bridgehead atoms. The summed E-state index contributed by atoms with van der Waals surface area (Å²) in [4.78, 5) is 25.7. The maximum Gasteiger partial charge on any atom is 0.269 e. The first-order valence-corrected chi connectivity index (χ1v) is 11.1. The standard InChI is InChI=1S/C26H26N4O4/c1-3-34-24-15-11-22(12-16-24)26-28(17-20-7-5-4-6-8-20)18-25(31)29(26)27-19(2)21-9-13-23(14-10-21)30(32)33/h4-16,26H,3,17-18H2,1-2H3/b27-19-/t26-/m1/s1. The second-order valence-electron chi connectivity index (χ2n) is 7.99. The first-order valence-electron chi connectivity index (χ1n) is 11.1. The second kappa shape index (κ2) is 10.3. The molecule has 1 heterocycles. The lowest BCUT2D eigenvalue weighted by atomic mass is 10.1. The van der Waals surface area contributed by atoms with E-state index in [9.17, 15) is 14.9 Å². The van der Waals surface area contributed by atoms with E-state index in [0.29, 0.717) is 24.4 Å². The third-order valence-corrected chi connectivity index (χ3v) is 5.64. The summed E-state index contributed by atoms with van der Waals surface area (Å²) in [7, 11) is 0. The number of hydrazone groups is 1. The molecule has 4 rings (SSSR count). The van der Waals surface area contributed by atoms with Crippen molar-refractivity contribution in [2.24, 2.45) is 5.10 Å². The van der Waals surface area contributed by atoms with E-state index in [1.807, 2.05) is 61.5 Å². The van der Waals surface area contributed by atoms with Crippen molar-refractivity contribution in [2.45, 2.75) is 26.6 Å². The summed E-state index contributed by atoms with van der Waals surface area (Å²) in [6, 6.07) is 23.9. The van der Waals surface area contributed by atoms with E-state index >= 15 is 0 Å². The van der Waals surface area contributed by atoms with Crippen molar-refractivity contribution >= 4 is 17.3 Å². The lowest BCUT2D eigenvalue weighted by molar-refractivity contribution is -0.384. The molecule has 0 radical (unpaired) electrons. The minimum absolute atomic E-state index is 0.00935. The molecule has 8 nitrogen and oxygen atoms in total. The van der Waals surface area contributed by atoms with Crippen LogP contribution in [0.1, 0.15) is 36.7 Å². The summed E-state index contributed by atoms with van der Waals surface area (Å²) in [5.74, 6) is 0.651. The van der Waals surface area contributed by atoms with E-state index in [-0.39, 0.29) is 18.1 Å². The van der Waals surface area contributed by atoms with Crippen molar-refractivity contribution in [2.75, 3.05) is 13.2 Å². The smallest absolute Gasteiger partial charge is 0.269 e. The van der Waals surface area contributed by atoms with Gasteiger partial charge in [0.1, 0.15) is 11.9 Å². The fraction of sp³-hybridized carbons (Fsp3) is 0.231. The van der Waals surface area contributed by atoms with Gasteiger partial charge in [-0.25, -0.2) is 5.01 Å². The summed E-state index contributed by atoms with van der Waals surface area (Å²) >= 11 is 0. The van der Waals surface area contributed by atoms with Gasteiger partial charge in [0.05, 0.1) is 23.8 Å². The summed E-state index contributed by atoms with van der Waals surface area (Å²) in [6.45, 7) is 5.12. The average Bonchev–Trinajstić information content (AvgIpc) is 3.14. The Morgan fingerprint density at radius 2 is 1.74 bits per heavy atom. The maximum atomic E-state index is 13.1. The molecule has 1 fully saturated rings. The largest absolute Gasteiger partial charge is 0.494 e. The fourth-order valence-corrected chi connectivity index (χ4v) is 3.99. The zero-order chi connectivity index (χ0) is 24.1. The third kappa shape index (κ3) is 5.13. The highest BCUT2D eigenvalue weighted by Crippen LogP contribution is 2.34. The number of amides is 1. The third-order valence-electron chi connectivity index (χ3n) is 5.64. The highest BCUT2D eigenvalue weighted by Gasteiger charge is 2.39. The van der Waals surface area contributed by atoms with Crippen LogP contribution in [0.25, 0.3) is 0 Å². The first kappa shape index (κ1) is 23.1. The van der Waals surface area contributed by atoms with Gasteiger partial charge < -0.3 is 4.74 Å². The van der Waals surface area contributed by atoms with Gasteiger partial charge in [0.25, 0.3) is 11.6 Å². The van der Waals surface area contributed by atoms with Gasteiger partial charge in [-0.1, -0.05) is 42.5 Å². The Hall–Kier alpha value is -4.04. The SMILES string of the molecule is CCOc1ccc([C@@H]2N(Cc3ccccc3)CC(=O)N2/N=C(/C)c2ccc([N+](=O)[O-])cc2)cc1. The first-order chi connectivity index (χ1) is 16.5. The molecule has 1 saturated heterocycles. The predicted molar refractivity (Wildman–Crippen MR) is 129 cm³/mol. The number of nitro benzene ring substituents is 1. The van der Waals surface area contributed by atoms with Crippen molar-refractivity contribution in [3.05, 3.63) is 106 Å². The molecule has 174 valence electrons. The molecule has 0 aromatic heterocycles. The monoisotopic (exact) mass is 458 g/mol. The Balaban J connectivity index is 1.67. The number of carbonyl (C=O) groups is 1. The summed E-state index contributed by atoms with van der Waals surface area (Å²) < 4.78 is 5.57. The van der Waals surface area contributed by atoms with Gasteiger partial charge >= 0.3 is 0 Å². The number of benzene rings is 3. The van der Waals surface area contributed by atoms with E-state index in [0.717, 1.165) is 16.9 Å². The number of nitrogens with zero attached hydrogens (tertiary/aromatic N) is 4. The zero-order valence-electron chi connectivity index (χ0n) is 19.1. The van der Waals surface area contributed by atoms with Crippen LogP contribution in [0.15, 0.2) is 84.0 Å². The Kier molecular flexibility index (Phi) is 6.98. The molecule has 3 aromatic carbocycles.